The van der Waals surface area contributed by atoms with Crippen molar-refractivity contribution in [3.63, 3.8) is 0 Å². The van der Waals surface area contributed by atoms with Gasteiger partial charge in [0, 0.05) is 11.6 Å². The Labute approximate surface area is 121 Å². The van der Waals surface area contributed by atoms with E-state index in [9.17, 15) is 9.18 Å². The average Bonchev–Trinajstić information content (AvgIpc) is 3.02. The van der Waals surface area contributed by atoms with Crippen molar-refractivity contribution in [3.05, 3.63) is 48.8 Å². The molecule has 0 spiro atoms. The first-order chi connectivity index (χ1) is 10.2. The number of allylic oxidation sites excluding steroid dienone is 2. The van der Waals surface area contributed by atoms with Crippen molar-refractivity contribution in [2.45, 2.75) is 19.3 Å². The van der Waals surface area contributed by atoms with Gasteiger partial charge in [-0.05, 0) is 37.5 Å². The molecule has 0 saturated carbocycles. The minimum Gasteiger partial charge on any atom is -0.326 e. The largest absolute Gasteiger partial charge is 0.326 e. The first kappa shape index (κ1) is 13.5. The van der Waals surface area contributed by atoms with Crippen LogP contribution in [0.3, 0.4) is 0 Å². The molecule has 0 fully saturated rings. The van der Waals surface area contributed by atoms with E-state index in [4.69, 9.17) is 0 Å². The second-order valence-electron chi connectivity index (χ2n) is 4.98. The Balaban J connectivity index is 1.73. The van der Waals surface area contributed by atoms with Crippen molar-refractivity contribution < 1.29 is 9.18 Å². The third-order valence-corrected chi connectivity index (χ3v) is 3.52. The monoisotopic (exact) mass is 286 g/mol. The fourth-order valence-electron chi connectivity index (χ4n) is 2.38. The molecule has 1 unspecified atom stereocenters. The van der Waals surface area contributed by atoms with Crippen LogP contribution in [-0.4, -0.2) is 20.7 Å². The Morgan fingerprint density at radius 1 is 1.38 bits per heavy atom. The molecule has 1 heterocycles. The van der Waals surface area contributed by atoms with Crippen LogP contribution in [0, 0.1) is 11.7 Å². The summed E-state index contributed by atoms with van der Waals surface area (Å²) in [4.78, 5) is 15.9. The van der Waals surface area contributed by atoms with Crippen LogP contribution in [0.15, 0.2) is 43.0 Å². The lowest BCUT2D eigenvalue weighted by Gasteiger charge is -2.17. The van der Waals surface area contributed by atoms with Crippen molar-refractivity contribution in [2.75, 3.05) is 5.32 Å². The predicted molar refractivity (Wildman–Crippen MR) is 76.4 cm³/mol. The van der Waals surface area contributed by atoms with E-state index in [-0.39, 0.29) is 11.8 Å². The zero-order valence-corrected chi connectivity index (χ0v) is 11.4. The summed E-state index contributed by atoms with van der Waals surface area (Å²) in [5.74, 6) is -0.554. The maximum atomic E-state index is 14.1. The number of benzene rings is 1. The summed E-state index contributed by atoms with van der Waals surface area (Å²) in [5, 5.41) is 6.65. The van der Waals surface area contributed by atoms with E-state index < -0.39 is 5.82 Å². The van der Waals surface area contributed by atoms with Gasteiger partial charge < -0.3 is 5.32 Å². The molecule has 0 bridgehead atoms. The van der Waals surface area contributed by atoms with Gasteiger partial charge in [0.15, 0.2) is 5.82 Å². The summed E-state index contributed by atoms with van der Waals surface area (Å²) in [6.45, 7) is 0. The zero-order valence-electron chi connectivity index (χ0n) is 11.4. The van der Waals surface area contributed by atoms with Gasteiger partial charge in [0.1, 0.15) is 18.3 Å². The minimum absolute atomic E-state index is 0.0342. The van der Waals surface area contributed by atoms with Gasteiger partial charge in [0.2, 0.25) is 5.91 Å². The highest BCUT2D eigenvalue weighted by Crippen LogP contribution is 2.22. The highest BCUT2D eigenvalue weighted by Gasteiger charge is 2.19. The van der Waals surface area contributed by atoms with Crippen molar-refractivity contribution in [3.8, 4) is 5.69 Å². The molecule has 108 valence electrons. The molecule has 1 aromatic heterocycles. The van der Waals surface area contributed by atoms with Gasteiger partial charge in [0.25, 0.3) is 0 Å². The molecule has 1 aliphatic rings. The van der Waals surface area contributed by atoms with Gasteiger partial charge >= 0.3 is 0 Å². The van der Waals surface area contributed by atoms with Crippen molar-refractivity contribution >= 4 is 11.6 Å². The number of nitrogens with zero attached hydrogens (tertiary/aromatic N) is 3. The number of carbonyl (C=O) groups excluding carboxylic acids is 1. The SMILES string of the molecule is O=C(Nc1ccc(-n2cncn2)c(F)c1)C1CC=CCC1. The van der Waals surface area contributed by atoms with Gasteiger partial charge in [-0.3, -0.25) is 4.79 Å². The molecule has 3 rings (SSSR count). The number of hydrogen-bond acceptors (Lipinski definition) is 3. The second-order valence-corrected chi connectivity index (χ2v) is 4.98. The Kier molecular flexibility index (Phi) is 3.77. The Morgan fingerprint density at radius 2 is 2.29 bits per heavy atom. The third-order valence-electron chi connectivity index (χ3n) is 3.52. The van der Waals surface area contributed by atoms with Crippen LogP contribution in [0.5, 0.6) is 0 Å². The van der Waals surface area contributed by atoms with Crippen LogP contribution in [0.1, 0.15) is 19.3 Å². The van der Waals surface area contributed by atoms with Crippen molar-refractivity contribution in [1.29, 1.82) is 0 Å². The van der Waals surface area contributed by atoms with E-state index in [0.29, 0.717) is 11.4 Å². The summed E-state index contributed by atoms with van der Waals surface area (Å²) in [5.41, 5.74) is 0.752. The maximum absolute atomic E-state index is 14.1. The lowest BCUT2D eigenvalue weighted by Crippen LogP contribution is -2.23. The molecule has 1 aromatic carbocycles. The van der Waals surface area contributed by atoms with Crippen LogP contribution in [0.25, 0.3) is 5.69 Å². The molecule has 5 nitrogen and oxygen atoms in total. The van der Waals surface area contributed by atoms with E-state index in [1.165, 1.54) is 23.4 Å². The number of carbonyl (C=O) groups is 1. The van der Waals surface area contributed by atoms with Crippen LogP contribution in [-0.2, 0) is 4.79 Å². The fourth-order valence-corrected chi connectivity index (χ4v) is 2.38. The fraction of sp³-hybridized carbons (Fsp3) is 0.267. The number of nitrogens with one attached hydrogen (secondary N) is 1. The quantitative estimate of drug-likeness (QED) is 0.882. The highest BCUT2D eigenvalue weighted by atomic mass is 19.1. The summed E-state index contributed by atoms with van der Waals surface area (Å²) in [6.07, 6.45) is 9.35. The lowest BCUT2D eigenvalue weighted by atomic mass is 9.93. The second kappa shape index (κ2) is 5.87. The van der Waals surface area contributed by atoms with Crippen LogP contribution < -0.4 is 5.32 Å². The molecular weight excluding hydrogens is 271 g/mol. The third kappa shape index (κ3) is 2.99. The molecule has 1 atom stereocenters. The number of anilines is 1. The normalized spacial score (nSPS) is 17.7. The molecule has 6 heteroatoms. The van der Waals surface area contributed by atoms with Gasteiger partial charge in [-0.25, -0.2) is 14.1 Å². The van der Waals surface area contributed by atoms with E-state index in [2.05, 4.69) is 21.5 Å². The topological polar surface area (TPSA) is 59.8 Å². The highest BCUT2D eigenvalue weighted by molar-refractivity contribution is 5.92. The van der Waals surface area contributed by atoms with Crippen LogP contribution in [0.2, 0.25) is 0 Å². The summed E-state index contributed by atoms with van der Waals surface area (Å²) < 4.78 is 15.4. The molecule has 21 heavy (non-hydrogen) atoms. The van der Waals surface area contributed by atoms with E-state index in [1.807, 2.05) is 6.08 Å². The number of hydrogen-bond donors (Lipinski definition) is 1. The van der Waals surface area contributed by atoms with Crippen molar-refractivity contribution in [2.24, 2.45) is 5.92 Å². The molecule has 0 saturated heterocycles. The van der Waals surface area contributed by atoms with E-state index >= 15 is 0 Å². The number of aromatic nitrogens is 3. The molecule has 1 amide bonds. The Hall–Kier alpha value is -2.50. The van der Waals surface area contributed by atoms with E-state index in [1.54, 1.807) is 12.1 Å². The first-order valence-electron chi connectivity index (χ1n) is 6.84. The molecule has 0 radical (unpaired) electrons. The molecule has 0 aliphatic heterocycles. The lowest BCUT2D eigenvalue weighted by molar-refractivity contribution is -0.120. The van der Waals surface area contributed by atoms with Crippen molar-refractivity contribution in [1.82, 2.24) is 14.8 Å². The zero-order chi connectivity index (χ0) is 14.7. The van der Waals surface area contributed by atoms with Gasteiger partial charge in [-0.15, -0.1) is 0 Å². The number of halogens is 1. The van der Waals surface area contributed by atoms with Crippen LogP contribution >= 0.6 is 0 Å². The van der Waals surface area contributed by atoms with E-state index in [0.717, 1.165) is 19.3 Å². The predicted octanol–water partition coefficient (Wildman–Crippen LogP) is 2.70. The maximum Gasteiger partial charge on any atom is 0.227 e. The first-order valence-corrected chi connectivity index (χ1v) is 6.84. The summed E-state index contributed by atoms with van der Waals surface area (Å²) in [7, 11) is 0. The van der Waals surface area contributed by atoms with Gasteiger partial charge in [0.05, 0.1) is 0 Å². The van der Waals surface area contributed by atoms with Gasteiger partial charge in [-0.2, -0.15) is 5.10 Å². The molecule has 1 aliphatic carbocycles. The standard InChI is InChI=1S/C15H15FN4O/c16-13-8-12(6-7-14(13)20-10-17-9-18-20)19-15(21)11-4-2-1-3-5-11/h1-2,6-11H,3-5H2,(H,19,21). The summed E-state index contributed by atoms with van der Waals surface area (Å²) >= 11 is 0. The molecular formula is C15H15FN4O. The summed E-state index contributed by atoms with van der Waals surface area (Å²) in [6, 6.07) is 4.53. The number of amides is 1. The Bertz CT molecular complexity index is 666. The van der Waals surface area contributed by atoms with Crippen LogP contribution in [0.4, 0.5) is 10.1 Å². The average molecular weight is 286 g/mol. The Morgan fingerprint density at radius 3 is 2.95 bits per heavy atom. The molecule has 2 aromatic rings. The molecule has 1 N–H and O–H groups in total. The van der Waals surface area contributed by atoms with Gasteiger partial charge in [-0.1, -0.05) is 12.2 Å². The number of rotatable bonds is 3. The minimum atomic E-state index is -0.457. The smallest absolute Gasteiger partial charge is 0.227 e.